The van der Waals surface area contributed by atoms with Crippen molar-refractivity contribution in [1.29, 1.82) is 10.8 Å². The third-order valence-corrected chi connectivity index (χ3v) is 6.72. The zero-order valence-corrected chi connectivity index (χ0v) is 19.8. The van der Waals surface area contributed by atoms with E-state index in [0.29, 0.717) is 11.3 Å². The number of nitrogens with zero attached hydrogens (tertiary/aromatic N) is 1. The molecule has 0 aliphatic heterocycles. The van der Waals surface area contributed by atoms with Crippen molar-refractivity contribution in [3.63, 3.8) is 0 Å². The van der Waals surface area contributed by atoms with Gasteiger partial charge in [-0.15, -0.1) is 0 Å². The Kier molecular flexibility index (Phi) is 5.42. The molecule has 0 spiro atoms. The minimum Gasteiger partial charge on any atom is -0.396 e. The summed E-state index contributed by atoms with van der Waals surface area (Å²) in [5.41, 5.74) is 10.3. The number of nitrogens with two attached hydrogens (primary N) is 1. The molecule has 4 aromatic carbocycles. The monoisotopic (exact) mass is 504 g/mol. The highest BCUT2D eigenvalue weighted by Crippen LogP contribution is 2.36. The molecule has 6 rings (SSSR count). The topological polar surface area (TPSA) is 86.6 Å². The van der Waals surface area contributed by atoms with Gasteiger partial charge in [-0.25, -0.2) is 18.2 Å². The van der Waals surface area contributed by atoms with Gasteiger partial charge in [-0.2, -0.15) is 0 Å². The molecule has 0 unspecified atom stereocenters. The van der Waals surface area contributed by atoms with E-state index in [1.54, 1.807) is 18.2 Å². The van der Waals surface area contributed by atoms with Crippen LogP contribution in [0.1, 0.15) is 11.1 Å². The van der Waals surface area contributed by atoms with Crippen molar-refractivity contribution in [2.24, 2.45) is 0 Å². The van der Waals surface area contributed by atoms with Gasteiger partial charge in [0.15, 0.2) is 11.6 Å². The number of halogens is 3. The Balaban J connectivity index is 1.38. The number of nitrogens with one attached hydrogen (secondary N) is 2. The Morgan fingerprint density at radius 1 is 0.658 bits per heavy atom. The van der Waals surface area contributed by atoms with Crippen molar-refractivity contribution < 1.29 is 13.2 Å². The molecule has 4 nitrogen and oxygen atoms in total. The van der Waals surface area contributed by atoms with Crippen LogP contribution in [-0.4, -0.2) is 16.4 Å². The van der Waals surface area contributed by atoms with Crippen LogP contribution in [0.5, 0.6) is 0 Å². The standard InChI is InChI=1S/C31H19F3N4/c32-22-15-24(36)28(33)29(34)26(22)18-9-5-16(6-10-18)17-7-11-19(12-8-17)31-21-13-14-23(35)30(37)27(21)20-3-1-2-4-25(20)38-31/h1-15,35,37H,36H2. The Labute approximate surface area is 215 Å². The molecule has 1 aliphatic carbocycles. The van der Waals surface area contributed by atoms with Gasteiger partial charge in [-0.05, 0) is 34.9 Å². The van der Waals surface area contributed by atoms with Crippen molar-refractivity contribution in [2.75, 3.05) is 5.73 Å². The van der Waals surface area contributed by atoms with E-state index >= 15 is 0 Å². The van der Waals surface area contributed by atoms with Crippen LogP contribution < -0.4 is 5.73 Å². The highest BCUT2D eigenvalue weighted by atomic mass is 19.2. The molecule has 1 aromatic heterocycles. The lowest BCUT2D eigenvalue weighted by molar-refractivity contribution is 0.502. The number of aromatic nitrogens is 1. The fourth-order valence-corrected chi connectivity index (χ4v) is 4.79. The highest BCUT2D eigenvalue weighted by molar-refractivity contribution is 6.54. The minimum absolute atomic E-state index is 0.153. The smallest absolute Gasteiger partial charge is 0.182 e. The molecule has 0 atom stereocenters. The summed E-state index contributed by atoms with van der Waals surface area (Å²) in [7, 11) is 0. The van der Waals surface area contributed by atoms with Crippen LogP contribution in [0.3, 0.4) is 0 Å². The number of para-hydroxylation sites is 1. The minimum atomic E-state index is -1.32. The maximum absolute atomic E-state index is 14.4. The van der Waals surface area contributed by atoms with Gasteiger partial charge < -0.3 is 5.73 Å². The number of hydrogen-bond acceptors (Lipinski definition) is 4. The van der Waals surface area contributed by atoms with Crippen LogP contribution in [-0.2, 0) is 0 Å². The molecule has 0 saturated carbocycles. The maximum atomic E-state index is 14.4. The fourth-order valence-electron chi connectivity index (χ4n) is 4.79. The molecule has 38 heavy (non-hydrogen) atoms. The summed E-state index contributed by atoms with van der Waals surface area (Å²) in [6.07, 6.45) is 3.44. The van der Waals surface area contributed by atoms with Gasteiger partial charge in [0.05, 0.1) is 33.9 Å². The number of anilines is 1. The van der Waals surface area contributed by atoms with Crippen LogP contribution in [0.25, 0.3) is 50.5 Å². The number of fused-ring (bicyclic) bond motifs is 3. The summed E-state index contributed by atoms with van der Waals surface area (Å²) in [6.45, 7) is 0. The van der Waals surface area contributed by atoms with Crippen molar-refractivity contribution in [2.45, 2.75) is 0 Å². The van der Waals surface area contributed by atoms with Gasteiger partial charge >= 0.3 is 0 Å². The molecule has 1 heterocycles. The Morgan fingerprint density at radius 3 is 1.95 bits per heavy atom. The zero-order chi connectivity index (χ0) is 26.6. The van der Waals surface area contributed by atoms with E-state index in [1.165, 1.54) is 12.1 Å². The molecule has 0 saturated heterocycles. The van der Waals surface area contributed by atoms with E-state index in [-0.39, 0.29) is 17.0 Å². The maximum Gasteiger partial charge on any atom is 0.182 e. The van der Waals surface area contributed by atoms with Crippen LogP contribution in [0.15, 0.2) is 84.9 Å². The van der Waals surface area contributed by atoms with E-state index in [0.717, 1.165) is 39.2 Å². The predicted molar refractivity (Wildman–Crippen MR) is 146 cm³/mol. The molecule has 184 valence electrons. The average molecular weight is 505 g/mol. The molecule has 0 bridgehead atoms. The number of pyridine rings is 1. The van der Waals surface area contributed by atoms with Gasteiger partial charge in [0.1, 0.15) is 5.82 Å². The van der Waals surface area contributed by atoms with Crippen molar-refractivity contribution in [3.8, 4) is 33.5 Å². The summed E-state index contributed by atoms with van der Waals surface area (Å²) >= 11 is 0. The molecule has 0 fully saturated rings. The second-order valence-electron chi connectivity index (χ2n) is 8.99. The summed E-state index contributed by atoms with van der Waals surface area (Å²) in [5.74, 6) is -3.52. The molecule has 5 aromatic rings. The quantitative estimate of drug-likeness (QED) is 0.174. The lowest BCUT2D eigenvalue weighted by Crippen LogP contribution is -2.17. The van der Waals surface area contributed by atoms with Crippen LogP contribution >= 0.6 is 0 Å². The Bertz CT molecular complexity index is 1820. The predicted octanol–water partition coefficient (Wildman–Crippen LogP) is 7.65. The molecule has 7 heteroatoms. The molecule has 0 amide bonds. The lowest BCUT2D eigenvalue weighted by Gasteiger charge is -2.19. The van der Waals surface area contributed by atoms with E-state index in [9.17, 15) is 13.2 Å². The first-order valence-corrected chi connectivity index (χ1v) is 11.8. The molecule has 4 N–H and O–H groups in total. The van der Waals surface area contributed by atoms with Crippen LogP contribution in [0.4, 0.5) is 18.9 Å². The van der Waals surface area contributed by atoms with Gasteiger partial charge in [0.2, 0.25) is 0 Å². The average Bonchev–Trinajstić information content (AvgIpc) is 2.93. The normalized spacial score (nSPS) is 12.7. The number of benzene rings is 4. The second kappa shape index (κ2) is 8.81. The van der Waals surface area contributed by atoms with Crippen molar-refractivity contribution in [3.05, 3.63) is 114 Å². The van der Waals surface area contributed by atoms with Crippen molar-refractivity contribution in [1.82, 2.24) is 4.98 Å². The SMILES string of the molecule is N=C1C=Cc2c(-c3ccc(-c4ccc(-c5c(F)cc(N)c(F)c5F)cc4)cc3)nc3ccccc3c2C1=N. The number of nitrogen functional groups attached to an aromatic ring is 1. The summed E-state index contributed by atoms with van der Waals surface area (Å²) < 4.78 is 42.6. The van der Waals surface area contributed by atoms with Gasteiger partial charge in [-0.1, -0.05) is 66.7 Å². The van der Waals surface area contributed by atoms with E-state index in [2.05, 4.69) is 0 Å². The first-order chi connectivity index (χ1) is 18.3. The fraction of sp³-hybridized carbons (Fsp3) is 0. The third-order valence-electron chi connectivity index (χ3n) is 6.72. The summed E-state index contributed by atoms with van der Waals surface area (Å²) in [4.78, 5) is 4.87. The molecule has 1 aliphatic rings. The third kappa shape index (κ3) is 3.67. The molecule has 0 radical (unpaired) electrons. The van der Waals surface area contributed by atoms with E-state index in [1.807, 2.05) is 54.6 Å². The number of hydrogen-bond donors (Lipinski definition) is 3. The largest absolute Gasteiger partial charge is 0.396 e. The van der Waals surface area contributed by atoms with E-state index < -0.39 is 28.7 Å². The van der Waals surface area contributed by atoms with Gasteiger partial charge in [-0.3, -0.25) is 10.8 Å². The summed E-state index contributed by atoms with van der Waals surface area (Å²) in [5, 5.41) is 17.5. The molecular formula is C31H19F3N4. The van der Waals surface area contributed by atoms with Gasteiger partial charge in [0, 0.05) is 28.1 Å². The van der Waals surface area contributed by atoms with Crippen LogP contribution in [0.2, 0.25) is 0 Å². The Morgan fingerprint density at radius 2 is 1.26 bits per heavy atom. The van der Waals surface area contributed by atoms with E-state index in [4.69, 9.17) is 21.5 Å². The number of rotatable bonds is 3. The van der Waals surface area contributed by atoms with Crippen LogP contribution in [0, 0.1) is 28.3 Å². The molecular weight excluding hydrogens is 485 g/mol. The highest BCUT2D eigenvalue weighted by Gasteiger charge is 2.23. The van der Waals surface area contributed by atoms with Crippen molar-refractivity contribution >= 4 is 34.1 Å². The zero-order valence-electron chi connectivity index (χ0n) is 19.8. The summed E-state index contributed by atoms with van der Waals surface area (Å²) in [6, 6.07) is 22.5. The second-order valence-corrected chi connectivity index (χ2v) is 8.99. The van der Waals surface area contributed by atoms with Gasteiger partial charge in [0.25, 0.3) is 0 Å². The first-order valence-electron chi connectivity index (χ1n) is 11.8. The number of allylic oxidation sites excluding steroid dienone is 1. The first kappa shape index (κ1) is 23.4. The Hall–Kier alpha value is -5.04. The lowest BCUT2D eigenvalue weighted by atomic mass is 9.88.